The lowest BCUT2D eigenvalue weighted by molar-refractivity contribution is -0.148. The third-order valence-corrected chi connectivity index (χ3v) is 11.1. The smallest absolute Gasteiger partial charge is 0.416 e. The van der Waals surface area contributed by atoms with Crippen molar-refractivity contribution >= 4 is 33.7 Å². The fourth-order valence-corrected chi connectivity index (χ4v) is 7.48. The maximum atomic E-state index is 13.6. The molecule has 2 amide bonds. The van der Waals surface area contributed by atoms with Crippen LogP contribution in [-0.4, -0.2) is 96.7 Å². The number of halogens is 7. The van der Waals surface area contributed by atoms with E-state index in [0.717, 1.165) is 15.8 Å². The van der Waals surface area contributed by atoms with Crippen LogP contribution in [0.5, 0.6) is 5.75 Å². The summed E-state index contributed by atoms with van der Waals surface area (Å²) in [6.45, 7) is 3.78. The van der Waals surface area contributed by atoms with E-state index in [1.54, 1.807) is 37.8 Å². The minimum atomic E-state index is -5.00. The lowest BCUT2D eigenvalue weighted by Gasteiger charge is -2.36. The number of aliphatic hydroxyl groups is 1. The standard InChI is InChI=1S/C34H37F7N4O6S/c1-20-14-23(28(46)44-9-5-31(3,48)6-10-44)15-21(2)26(20)4-13-52(49,50)45-11-7-32(8-12-45)30(47)42-27(43-32)22-16-24(34(39,40)41)18-25(17-22)51-19-33(37,38)29(35)36/h4,13-18,29,48H,5-12,19H2,1-3H3,(H,42,43,47)/b13-4+. The molecular formula is C34H37F7N4O6S. The SMILES string of the molecule is Cc1cc(C(=O)N2CCC(C)(O)CC2)cc(C)c1/C=C/S(=O)(=O)N1CCC2(CC1)N=C(c1cc(OCC(F)(F)C(F)F)cc(C(F)(F)F)c1)NC2=O. The van der Waals surface area contributed by atoms with Gasteiger partial charge < -0.3 is 20.1 Å². The van der Waals surface area contributed by atoms with Crippen molar-refractivity contribution in [3.63, 3.8) is 0 Å². The first-order valence-electron chi connectivity index (χ1n) is 16.3. The summed E-state index contributed by atoms with van der Waals surface area (Å²) in [6.07, 6.45) is -7.07. The molecule has 2 aromatic carbocycles. The van der Waals surface area contributed by atoms with Gasteiger partial charge in [0, 0.05) is 42.7 Å². The highest BCUT2D eigenvalue weighted by Gasteiger charge is 2.48. The first-order valence-corrected chi connectivity index (χ1v) is 17.8. The number of amidine groups is 1. The van der Waals surface area contributed by atoms with Crippen LogP contribution in [0, 0.1) is 13.8 Å². The number of nitrogens with one attached hydrogen (secondary N) is 1. The molecule has 0 atom stereocenters. The van der Waals surface area contributed by atoms with E-state index in [2.05, 4.69) is 15.0 Å². The fraction of sp³-hybridized carbons (Fsp3) is 0.500. The van der Waals surface area contributed by atoms with Crippen LogP contribution in [0.3, 0.4) is 0 Å². The van der Waals surface area contributed by atoms with Crippen molar-refractivity contribution < 1.29 is 58.6 Å². The largest absolute Gasteiger partial charge is 0.487 e. The Kier molecular flexibility index (Phi) is 10.6. The number of carbonyl (C=O) groups is 2. The number of carbonyl (C=O) groups excluding carboxylic acids is 2. The molecule has 2 aromatic rings. The number of amides is 2. The van der Waals surface area contributed by atoms with Gasteiger partial charge in [-0.1, -0.05) is 0 Å². The van der Waals surface area contributed by atoms with Gasteiger partial charge in [0.05, 0.1) is 11.2 Å². The maximum Gasteiger partial charge on any atom is 0.416 e. The van der Waals surface area contributed by atoms with Crippen LogP contribution in [0.15, 0.2) is 40.7 Å². The molecule has 0 saturated carbocycles. The van der Waals surface area contributed by atoms with Gasteiger partial charge in [-0.15, -0.1) is 0 Å². The lowest BCUT2D eigenvalue weighted by atomic mass is 9.89. The van der Waals surface area contributed by atoms with Crippen molar-refractivity contribution in [1.82, 2.24) is 14.5 Å². The molecule has 0 aromatic heterocycles. The summed E-state index contributed by atoms with van der Waals surface area (Å²) in [7, 11) is -4.03. The highest BCUT2D eigenvalue weighted by Crippen LogP contribution is 2.37. The second kappa shape index (κ2) is 14.1. The van der Waals surface area contributed by atoms with Crippen LogP contribution in [-0.2, 0) is 21.0 Å². The number of benzene rings is 2. The summed E-state index contributed by atoms with van der Waals surface area (Å²) in [5.74, 6) is -6.69. The zero-order valence-corrected chi connectivity index (χ0v) is 29.2. The Labute approximate surface area is 295 Å². The number of sulfonamides is 1. The monoisotopic (exact) mass is 762 g/mol. The van der Waals surface area contributed by atoms with Crippen molar-refractivity contribution in [1.29, 1.82) is 0 Å². The topological polar surface area (TPSA) is 129 Å². The molecule has 0 unspecified atom stereocenters. The van der Waals surface area contributed by atoms with E-state index in [9.17, 15) is 53.8 Å². The molecule has 10 nitrogen and oxygen atoms in total. The Morgan fingerprint density at radius 1 is 1.00 bits per heavy atom. The summed E-state index contributed by atoms with van der Waals surface area (Å²) < 4.78 is 125. The molecule has 18 heteroatoms. The van der Waals surface area contributed by atoms with Gasteiger partial charge in [0.25, 0.3) is 11.8 Å². The van der Waals surface area contributed by atoms with E-state index >= 15 is 0 Å². The number of hydrogen-bond acceptors (Lipinski definition) is 7. The average molecular weight is 763 g/mol. The molecule has 2 fully saturated rings. The fourth-order valence-electron chi connectivity index (χ4n) is 6.30. The summed E-state index contributed by atoms with van der Waals surface area (Å²) in [6, 6.07) is 5.14. The third kappa shape index (κ3) is 8.44. The van der Waals surface area contributed by atoms with Gasteiger partial charge >= 0.3 is 18.5 Å². The second-order valence-electron chi connectivity index (χ2n) is 13.6. The van der Waals surface area contributed by atoms with Crippen LogP contribution in [0.4, 0.5) is 30.7 Å². The van der Waals surface area contributed by atoms with Gasteiger partial charge in [0.1, 0.15) is 17.1 Å². The van der Waals surface area contributed by atoms with Crippen LogP contribution in [0.1, 0.15) is 70.8 Å². The molecule has 5 rings (SSSR count). The highest BCUT2D eigenvalue weighted by atomic mass is 32.2. The quantitative estimate of drug-likeness (QED) is 0.334. The van der Waals surface area contributed by atoms with Gasteiger partial charge in [-0.2, -0.15) is 26.3 Å². The maximum absolute atomic E-state index is 13.6. The van der Waals surface area contributed by atoms with Crippen molar-refractivity contribution in [3.8, 4) is 5.75 Å². The number of rotatable bonds is 9. The predicted octanol–water partition coefficient (Wildman–Crippen LogP) is 5.30. The number of nitrogens with zero attached hydrogens (tertiary/aromatic N) is 3. The molecule has 52 heavy (non-hydrogen) atoms. The number of ether oxygens (including phenoxy) is 1. The van der Waals surface area contributed by atoms with Crippen molar-refractivity contribution in [2.75, 3.05) is 32.8 Å². The van der Waals surface area contributed by atoms with E-state index in [1.807, 2.05) is 0 Å². The molecule has 0 radical (unpaired) electrons. The van der Waals surface area contributed by atoms with Crippen LogP contribution in [0.25, 0.3) is 6.08 Å². The Bertz CT molecular complexity index is 1870. The molecule has 1 spiro atoms. The van der Waals surface area contributed by atoms with Crippen LogP contribution < -0.4 is 10.1 Å². The van der Waals surface area contributed by atoms with Crippen molar-refractivity contribution in [2.24, 2.45) is 4.99 Å². The van der Waals surface area contributed by atoms with Gasteiger partial charge in [-0.25, -0.2) is 17.2 Å². The average Bonchev–Trinajstić information content (AvgIpc) is 3.37. The number of aryl methyl sites for hydroxylation is 2. The molecule has 0 aliphatic carbocycles. The minimum absolute atomic E-state index is 0.140. The van der Waals surface area contributed by atoms with Gasteiger partial charge in [0.2, 0.25) is 10.0 Å². The predicted molar refractivity (Wildman–Crippen MR) is 176 cm³/mol. The summed E-state index contributed by atoms with van der Waals surface area (Å²) in [5.41, 5.74) is -1.76. The number of likely N-dealkylation sites (tertiary alicyclic amines) is 1. The molecule has 284 valence electrons. The number of hydrogen-bond donors (Lipinski definition) is 2. The summed E-state index contributed by atoms with van der Waals surface area (Å²) >= 11 is 0. The Morgan fingerprint density at radius 3 is 2.15 bits per heavy atom. The molecule has 3 heterocycles. The molecule has 0 bridgehead atoms. The van der Waals surface area contributed by atoms with E-state index in [-0.39, 0.29) is 43.2 Å². The molecule has 3 aliphatic heterocycles. The lowest BCUT2D eigenvalue weighted by Crippen LogP contribution is -2.50. The van der Waals surface area contributed by atoms with Gasteiger partial charge in [-0.05, 0) is 99.6 Å². The first kappa shape index (κ1) is 39.2. The van der Waals surface area contributed by atoms with Gasteiger partial charge in [-0.3, -0.25) is 14.6 Å². The van der Waals surface area contributed by atoms with E-state index in [1.165, 1.54) is 6.08 Å². The molecule has 2 saturated heterocycles. The number of aliphatic imine (C=N–C) groups is 1. The van der Waals surface area contributed by atoms with Crippen LogP contribution >= 0.6 is 0 Å². The zero-order valence-electron chi connectivity index (χ0n) is 28.4. The Morgan fingerprint density at radius 2 is 1.60 bits per heavy atom. The van der Waals surface area contributed by atoms with Crippen molar-refractivity contribution in [2.45, 2.75) is 76.1 Å². The zero-order chi connectivity index (χ0) is 38.4. The van der Waals surface area contributed by atoms with E-state index in [0.29, 0.717) is 60.3 Å². The molecule has 2 N–H and O–H groups in total. The third-order valence-electron chi connectivity index (χ3n) is 9.52. The Hall–Kier alpha value is -4.03. The molecular weight excluding hydrogens is 725 g/mol. The highest BCUT2D eigenvalue weighted by molar-refractivity contribution is 7.92. The normalized spacial score (nSPS) is 19.7. The number of piperidine rings is 2. The van der Waals surface area contributed by atoms with Crippen LogP contribution in [0.2, 0.25) is 0 Å². The minimum Gasteiger partial charge on any atom is -0.487 e. The van der Waals surface area contributed by atoms with Crippen molar-refractivity contribution in [3.05, 3.63) is 69.1 Å². The summed E-state index contributed by atoms with van der Waals surface area (Å²) in [5, 5.41) is 13.6. The van der Waals surface area contributed by atoms with E-state index < -0.39 is 63.5 Å². The first-order chi connectivity index (χ1) is 24.0. The number of alkyl halides is 7. The Balaban J connectivity index is 1.29. The van der Waals surface area contributed by atoms with Gasteiger partial charge in [0.15, 0.2) is 6.61 Å². The second-order valence-corrected chi connectivity index (χ2v) is 15.4. The molecule has 3 aliphatic rings. The van der Waals surface area contributed by atoms with E-state index in [4.69, 9.17) is 0 Å². The summed E-state index contributed by atoms with van der Waals surface area (Å²) in [4.78, 5) is 32.2.